The lowest BCUT2D eigenvalue weighted by Crippen LogP contribution is -2.49. The third kappa shape index (κ3) is 4.66. The Labute approximate surface area is 198 Å². The van der Waals surface area contributed by atoms with Gasteiger partial charge in [-0.2, -0.15) is 13.2 Å². The van der Waals surface area contributed by atoms with Crippen molar-refractivity contribution in [3.63, 3.8) is 0 Å². The standard InChI is InChI=1S/C26H32F3N3O2/c1-16-17(2)24(34-12-4-11-30)10-9-23(16)18(3)31-14-22-13-21(31)15-32(22)25(33)19-5-7-20(8-6-19)26(27,28)29/h5-10,18,21-22H,4,11-15,30H2,1-3H3/t18?,21-,22-/m0/s1. The van der Waals surface area contributed by atoms with E-state index in [0.717, 1.165) is 42.8 Å². The monoisotopic (exact) mass is 475 g/mol. The fraction of sp³-hybridized carbons (Fsp3) is 0.500. The molecule has 0 saturated carbocycles. The van der Waals surface area contributed by atoms with Gasteiger partial charge in [0.15, 0.2) is 0 Å². The molecule has 0 radical (unpaired) electrons. The number of alkyl halides is 3. The van der Waals surface area contributed by atoms with Crippen LogP contribution in [0.2, 0.25) is 0 Å². The minimum absolute atomic E-state index is 0.0718. The van der Waals surface area contributed by atoms with Gasteiger partial charge in [-0.1, -0.05) is 6.07 Å². The molecule has 0 spiro atoms. The molecule has 8 heteroatoms. The normalized spacial score (nSPS) is 21.2. The number of halogens is 3. The summed E-state index contributed by atoms with van der Waals surface area (Å²) in [5.74, 6) is 0.692. The molecule has 2 bridgehead atoms. The Bertz CT molecular complexity index is 1040. The summed E-state index contributed by atoms with van der Waals surface area (Å²) in [6.45, 7) is 8.93. The van der Waals surface area contributed by atoms with E-state index in [1.165, 1.54) is 23.3 Å². The molecule has 2 fully saturated rings. The second kappa shape index (κ2) is 9.58. The maximum atomic E-state index is 13.0. The van der Waals surface area contributed by atoms with Gasteiger partial charge in [0, 0.05) is 36.8 Å². The summed E-state index contributed by atoms with van der Waals surface area (Å²) in [7, 11) is 0. The van der Waals surface area contributed by atoms with Crippen LogP contribution in [0.25, 0.3) is 0 Å². The van der Waals surface area contributed by atoms with Crippen LogP contribution in [-0.2, 0) is 6.18 Å². The van der Waals surface area contributed by atoms with Gasteiger partial charge in [0.1, 0.15) is 5.75 Å². The van der Waals surface area contributed by atoms with E-state index >= 15 is 0 Å². The van der Waals surface area contributed by atoms with E-state index in [4.69, 9.17) is 10.5 Å². The molecular formula is C26H32F3N3O2. The molecule has 2 aliphatic rings. The van der Waals surface area contributed by atoms with Crippen LogP contribution in [0.3, 0.4) is 0 Å². The number of nitrogens with two attached hydrogens (primary N) is 1. The number of likely N-dealkylation sites (tertiary alicyclic amines) is 2. The quantitative estimate of drug-likeness (QED) is 0.590. The van der Waals surface area contributed by atoms with E-state index in [-0.39, 0.29) is 24.0 Å². The van der Waals surface area contributed by atoms with Gasteiger partial charge >= 0.3 is 6.18 Å². The molecule has 0 aromatic heterocycles. The summed E-state index contributed by atoms with van der Waals surface area (Å²) in [4.78, 5) is 17.3. The van der Waals surface area contributed by atoms with Crippen LogP contribution in [-0.4, -0.2) is 54.0 Å². The fourth-order valence-corrected chi connectivity index (χ4v) is 5.26. The second-order valence-electron chi connectivity index (χ2n) is 9.34. The zero-order valence-electron chi connectivity index (χ0n) is 19.9. The van der Waals surface area contributed by atoms with Crippen molar-refractivity contribution >= 4 is 5.91 Å². The Balaban J connectivity index is 1.42. The SMILES string of the molecule is Cc1c(OCCCN)ccc(C(C)N2C[C@@H]3C[C@H]2CN3C(=O)c2ccc(C(F)(F)F)cc2)c1C. The van der Waals surface area contributed by atoms with Gasteiger partial charge in [-0.25, -0.2) is 0 Å². The Morgan fingerprint density at radius 3 is 2.38 bits per heavy atom. The van der Waals surface area contributed by atoms with Gasteiger partial charge in [-0.05, 0) is 87.2 Å². The van der Waals surface area contributed by atoms with Crippen molar-refractivity contribution in [3.8, 4) is 5.75 Å². The first kappa shape index (κ1) is 24.5. The molecule has 2 aliphatic heterocycles. The summed E-state index contributed by atoms with van der Waals surface area (Å²) in [6, 6.07) is 9.16. The predicted molar refractivity (Wildman–Crippen MR) is 125 cm³/mol. The minimum atomic E-state index is -4.41. The zero-order chi connectivity index (χ0) is 24.6. The van der Waals surface area contributed by atoms with Crippen LogP contribution in [0, 0.1) is 13.8 Å². The largest absolute Gasteiger partial charge is 0.493 e. The fourth-order valence-electron chi connectivity index (χ4n) is 5.26. The van der Waals surface area contributed by atoms with E-state index in [1.54, 1.807) is 0 Å². The van der Waals surface area contributed by atoms with Crippen LogP contribution in [0.1, 0.15) is 58.4 Å². The van der Waals surface area contributed by atoms with Gasteiger partial charge in [-0.3, -0.25) is 9.69 Å². The van der Waals surface area contributed by atoms with Crippen molar-refractivity contribution in [2.24, 2.45) is 5.73 Å². The highest BCUT2D eigenvalue weighted by Crippen LogP contribution is 2.39. The maximum Gasteiger partial charge on any atom is 0.416 e. The van der Waals surface area contributed by atoms with Gasteiger partial charge in [0.25, 0.3) is 5.91 Å². The van der Waals surface area contributed by atoms with Gasteiger partial charge in [0.05, 0.1) is 12.2 Å². The number of carbonyl (C=O) groups is 1. The molecule has 0 aliphatic carbocycles. The lowest BCUT2D eigenvalue weighted by molar-refractivity contribution is -0.137. The first-order valence-corrected chi connectivity index (χ1v) is 11.8. The number of rotatable bonds is 7. The van der Waals surface area contributed by atoms with Crippen molar-refractivity contribution in [2.75, 3.05) is 26.2 Å². The highest BCUT2D eigenvalue weighted by Gasteiger charge is 2.47. The highest BCUT2D eigenvalue weighted by molar-refractivity contribution is 5.94. The number of hydrogen-bond acceptors (Lipinski definition) is 4. The number of benzene rings is 2. The lowest BCUT2D eigenvalue weighted by atomic mass is 9.96. The van der Waals surface area contributed by atoms with E-state index in [2.05, 4.69) is 31.7 Å². The zero-order valence-corrected chi connectivity index (χ0v) is 19.9. The number of fused-ring (bicyclic) bond motifs is 2. The first-order chi connectivity index (χ1) is 16.1. The predicted octanol–water partition coefficient (Wildman–Crippen LogP) is 4.71. The van der Waals surface area contributed by atoms with Crippen molar-refractivity contribution in [3.05, 3.63) is 64.2 Å². The summed E-state index contributed by atoms with van der Waals surface area (Å²) in [6.07, 6.45) is -2.71. The molecule has 1 unspecified atom stereocenters. The minimum Gasteiger partial charge on any atom is -0.493 e. The van der Waals surface area contributed by atoms with Crippen molar-refractivity contribution < 1.29 is 22.7 Å². The number of amides is 1. The first-order valence-electron chi connectivity index (χ1n) is 11.8. The average molecular weight is 476 g/mol. The van der Waals surface area contributed by atoms with E-state index in [9.17, 15) is 18.0 Å². The summed E-state index contributed by atoms with van der Waals surface area (Å²) in [5, 5.41) is 0. The molecule has 5 nitrogen and oxygen atoms in total. The second-order valence-corrected chi connectivity index (χ2v) is 9.34. The Morgan fingerprint density at radius 1 is 1.09 bits per heavy atom. The van der Waals surface area contributed by atoms with Crippen LogP contribution in [0.4, 0.5) is 13.2 Å². The van der Waals surface area contributed by atoms with E-state index < -0.39 is 11.7 Å². The van der Waals surface area contributed by atoms with E-state index in [1.807, 2.05) is 11.0 Å². The maximum absolute atomic E-state index is 13.0. The molecular weight excluding hydrogens is 443 g/mol. The third-order valence-corrected chi connectivity index (χ3v) is 7.34. The van der Waals surface area contributed by atoms with Crippen LogP contribution >= 0.6 is 0 Å². The Kier molecular flexibility index (Phi) is 6.92. The van der Waals surface area contributed by atoms with Crippen LogP contribution in [0.5, 0.6) is 5.75 Å². The van der Waals surface area contributed by atoms with Crippen molar-refractivity contribution in [2.45, 2.75) is 57.9 Å². The number of hydrogen-bond donors (Lipinski definition) is 1. The molecule has 2 saturated heterocycles. The topological polar surface area (TPSA) is 58.8 Å². The molecule has 34 heavy (non-hydrogen) atoms. The molecule has 1 amide bonds. The number of ether oxygens (including phenoxy) is 1. The molecule has 4 rings (SSSR count). The molecule has 3 atom stereocenters. The number of carbonyl (C=O) groups excluding carboxylic acids is 1. The van der Waals surface area contributed by atoms with Gasteiger partial charge in [-0.15, -0.1) is 0 Å². The van der Waals surface area contributed by atoms with Gasteiger partial charge in [0.2, 0.25) is 0 Å². The summed E-state index contributed by atoms with van der Waals surface area (Å²) in [5.41, 5.74) is 8.70. The Hall–Kier alpha value is -2.58. The van der Waals surface area contributed by atoms with Crippen molar-refractivity contribution in [1.29, 1.82) is 0 Å². The molecule has 184 valence electrons. The Morgan fingerprint density at radius 2 is 1.79 bits per heavy atom. The molecule has 2 aromatic rings. The number of nitrogens with zero attached hydrogens (tertiary/aromatic N) is 2. The van der Waals surface area contributed by atoms with Crippen LogP contribution in [0.15, 0.2) is 36.4 Å². The van der Waals surface area contributed by atoms with E-state index in [0.29, 0.717) is 25.3 Å². The van der Waals surface area contributed by atoms with Gasteiger partial charge < -0.3 is 15.4 Å². The molecule has 2 heterocycles. The van der Waals surface area contributed by atoms with Crippen molar-refractivity contribution in [1.82, 2.24) is 9.80 Å². The molecule has 2 N–H and O–H groups in total. The average Bonchev–Trinajstić information content (AvgIpc) is 3.42. The molecule has 2 aromatic carbocycles. The summed E-state index contributed by atoms with van der Waals surface area (Å²) >= 11 is 0. The van der Waals surface area contributed by atoms with Crippen LogP contribution < -0.4 is 10.5 Å². The highest BCUT2D eigenvalue weighted by atomic mass is 19.4. The smallest absolute Gasteiger partial charge is 0.416 e. The lowest BCUT2D eigenvalue weighted by Gasteiger charge is -2.38. The number of piperazine rings is 1. The summed E-state index contributed by atoms with van der Waals surface area (Å²) < 4.78 is 44.4. The third-order valence-electron chi connectivity index (χ3n) is 7.34.